The Hall–Kier alpha value is -2.36. The van der Waals surface area contributed by atoms with Gasteiger partial charge in [-0.05, 0) is 43.2 Å². The van der Waals surface area contributed by atoms with Crippen LogP contribution in [-0.2, 0) is 0 Å². The lowest BCUT2D eigenvalue weighted by molar-refractivity contribution is 0.0937. The normalized spacial score (nSPS) is 11.9. The van der Waals surface area contributed by atoms with Gasteiger partial charge >= 0.3 is 0 Å². The van der Waals surface area contributed by atoms with Crippen molar-refractivity contribution in [2.75, 3.05) is 0 Å². The van der Waals surface area contributed by atoms with Gasteiger partial charge in [-0.15, -0.1) is 0 Å². The third-order valence-corrected chi connectivity index (χ3v) is 3.04. The summed E-state index contributed by atoms with van der Waals surface area (Å²) in [5, 5.41) is 12.7. The highest BCUT2D eigenvalue weighted by Gasteiger charge is 2.15. The zero-order valence-electron chi connectivity index (χ0n) is 10.9. The zero-order valence-corrected chi connectivity index (χ0v) is 10.9. The fraction of sp³-hybridized carbons (Fsp3) is 0.200. The number of hydrogen-bond donors (Lipinski definition) is 2. The maximum atomic E-state index is 12.1. The third kappa shape index (κ3) is 2.91. The molecule has 0 spiro atoms. The SMILES string of the molecule is Cc1cccc(C(=O)NC(C)c2ccncc2)c1O. The Labute approximate surface area is 112 Å². The summed E-state index contributed by atoms with van der Waals surface area (Å²) in [6, 6.07) is 8.67. The highest BCUT2D eigenvalue weighted by atomic mass is 16.3. The molecule has 0 bridgehead atoms. The fourth-order valence-corrected chi connectivity index (χ4v) is 1.85. The van der Waals surface area contributed by atoms with E-state index in [1.807, 2.05) is 19.1 Å². The number of para-hydroxylation sites is 1. The molecule has 1 aromatic heterocycles. The molecular weight excluding hydrogens is 240 g/mol. The van der Waals surface area contributed by atoms with Crippen LogP contribution in [0.3, 0.4) is 0 Å². The van der Waals surface area contributed by atoms with Gasteiger partial charge in [-0.3, -0.25) is 9.78 Å². The molecule has 0 aliphatic rings. The summed E-state index contributed by atoms with van der Waals surface area (Å²) in [7, 11) is 0. The lowest BCUT2D eigenvalue weighted by atomic mass is 10.1. The van der Waals surface area contributed by atoms with Gasteiger partial charge in [0.05, 0.1) is 11.6 Å². The molecule has 0 saturated carbocycles. The van der Waals surface area contributed by atoms with Crippen LogP contribution < -0.4 is 5.32 Å². The average Bonchev–Trinajstić information content (AvgIpc) is 2.42. The van der Waals surface area contributed by atoms with Gasteiger partial charge in [0, 0.05) is 12.4 Å². The Kier molecular flexibility index (Phi) is 3.80. The summed E-state index contributed by atoms with van der Waals surface area (Å²) in [5.41, 5.74) is 1.95. The van der Waals surface area contributed by atoms with Gasteiger partial charge < -0.3 is 10.4 Å². The largest absolute Gasteiger partial charge is 0.507 e. The predicted molar refractivity (Wildman–Crippen MR) is 73.0 cm³/mol. The second kappa shape index (κ2) is 5.52. The summed E-state index contributed by atoms with van der Waals surface area (Å²) in [5.74, 6) is -0.257. The van der Waals surface area contributed by atoms with E-state index >= 15 is 0 Å². The minimum atomic E-state index is -0.287. The lowest BCUT2D eigenvalue weighted by Gasteiger charge is -2.15. The minimum Gasteiger partial charge on any atom is -0.507 e. The summed E-state index contributed by atoms with van der Waals surface area (Å²) >= 11 is 0. The maximum absolute atomic E-state index is 12.1. The first kappa shape index (κ1) is 13.1. The lowest BCUT2D eigenvalue weighted by Crippen LogP contribution is -2.26. The van der Waals surface area contributed by atoms with Crippen LogP contribution in [0, 0.1) is 6.92 Å². The van der Waals surface area contributed by atoms with E-state index in [2.05, 4.69) is 10.3 Å². The number of carbonyl (C=O) groups excluding carboxylic acids is 1. The predicted octanol–water partition coefficient (Wildman–Crippen LogP) is 2.59. The number of aromatic nitrogens is 1. The van der Waals surface area contributed by atoms with Gasteiger partial charge in [0.15, 0.2) is 0 Å². The molecule has 0 fully saturated rings. The number of nitrogens with one attached hydrogen (secondary N) is 1. The minimum absolute atomic E-state index is 0.0296. The van der Waals surface area contributed by atoms with E-state index in [0.29, 0.717) is 11.1 Å². The maximum Gasteiger partial charge on any atom is 0.255 e. The van der Waals surface area contributed by atoms with Crippen molar-refractivity contribution in [3.05, 3.63) is 59.4 Å². The van der Waals surface area contributed by atoms with Crippen LogP contribution in [0.15, 0.2) is 42.7 Å². The van der Waals surface area contributed by atoms with E-state index in [1.165, 1.54) is 0 Å². The number of carbonyl (C=O) groups is 1. The van der Waals surface area contributed by atoms with Crippen LogP contribution in [-0.4, -0.2) is 16.0 Å². The Morgan fingerprint density at radius 2 is 1.95 bits per heavy atom. The number of phenols is 1. The first-order valence-corrected chi connectivity index (χ1v) is 6.09. The number of hydrogen-bond acceptors (Lipinski definition) is 3. The second-order valence-corrected chi connectivity index (χ2v) is 4.45. The number of aryl methyl sites for hydroxylation is 1. The van der Waals surface area contributed by atoms with E-state index in [9.17, 15) is 9.90 Å². The first-order valence-electron chi connectivity index (χ1n) is 6.09. The van der Waals surface area contributed by atoms with E-state index in [-0.39, 0.29) is 17.7 Å². The van der Waals surface area contributed by atoms with Crippen molar-refractivity contribution in [1.82, 2.24) is 10.3 Å². The van der Waals surface area contributed by atoms with Gasteiger partial charge in [0.2, 0.25) is 0 Å². The Morgan fingerprint density at radius 1 is 1.26 bits per heavy atom. The van der Waals surface area contributed by atoms with Crippen molar-refractivity contribution >= 4 is 5.91 Å². The van der Waals surface area contributed by atoms with Crippen LogP contribution in [0.2, 0.25) is 0 Å². The summed E-state index contributed by atoms with van der Waals surface area (Å²) in [4.78, 5) is 16.1. The molecule has 0 aliphatic carbocycles. The quantitative estimate of drug-likeness (QED) is 0.887. The average molecular weight is 256 g/mol. The van der Waals surface area contributed by atoms with Crippen molar-refractivity contribution in [2.24, 2.45) is 0 Å². The summed E-state index contributed by atoms with van der Waals surface area (Å²) in [6.07, 6.45) is 3.37. The number of amides is 1. The molecule has 1 amide bonds. The molecule has 4 heteroatoms. The smallest absolute Gasteiger partial charge is 0.255 e. The van der Waals surface area contributed by atoms with Crippen molar-refractivity contribution in [3.63, 3.8) is 0 Å². The molecule has 2 rings (SSSR count). The molecule has 19 heavy (non-hydrogen) atoms. The molecule has 1 unspecified atom stereocenters. The van der Waals surface area contributed by atoms with Crippen molar-refractivity contribution < 1.29 is 9.90 Å². The molecule has 1 aromatic carbocycles. The highest BCUT2D eigenvalue weighted by Crippen LogP contribution is 2.22. The number of benzene rings is 1. The van der Waals surface area contributed by atoms with Crippen LogP contribution >= 0.6 is 0 Å². The van der Waals surface area contributed by atoms with Crippen LogP contribution in [0.5, 0.6) is 5.75 Å². The number of aromatic hydroxyl groups is 1. The number of nitrogens with zero attached hydrogens (tertiary/aromatic N) is 1. The molecule has 0 saturated heterocycles. The van der Waals surface area contributed by atoms with Gasteiger partial charge in [-0.25, -0.2) is 0 Å². The van der Waals surface area contributed by atoms with Gasteiger partial charge in [-0.2, -0.15) is 0 Å². The van der Waals surface area contributed by atoms with Gasteiger partial charge in [0.25, 0.3) is 5.91 Å². The summed E-state index contributed by atoms with van der Waals surface area (Å²) in [6.45, 7) is 3.65. The molecule has 0 radical (unpaired) electrons. The Morgan fingerprint density at radius 3 is 2.63 bits per heavy atom. The van der Waals surface area contributed by atoms with Crippen LogP contribution in [0.1, 0.15) is 34.5 Å². The molecule has 2 aromatic rings. The van der Waals surface area contributed by atoms with E-state index in [0.717, 1.165) is 5.56 Å². The van der Waals surface area contributed by atoms with Crippen LogP contribution in [0.4, 0.5) is 0 Å². The molecule has 1 heterocycles. The number of pyridine rings is 1. The zero-order chi connectivity index (χ0) is 13.8. The molecule has 4 nitrogen and oxygen atoms in total. The van der Waals surface area contributed by atoms with Gasteiger partial charge in [-0.1, -0.05) is 12.1 Å². The van der Waals surface area contributed by atoms with E-state index < -0.39 is 0 Å². The highest BCUT2D eigenvalue weighted by molar-refractivity contribution is 5.97. The summed E-state index contributed by atoms with van der Waals surface area (Å²) < 4.78 is 0. The van der Waals surface area contributed by atoms with Gasteiger partial charge in [0.1, 0.15) is 5.75 Å². The van der Waals surface area contributed by atoms with Crippen molar-refractivity contribution in [1.29, 1.82) is 0 Å². The second-order valence-electron chi connectivity index (χ2n) is 4.45. The van der Waals surface area contributed by atoms with Crippen molar-refractivity contribution in [3.8, 4) is 5.75 Å². The van der Waals surface area contributed by atoms with E-state index in [1.54, 1.807) is 37.5 Å². The topological polar surface area (TPSA) is 62.2 Å². The van der Waals surface area contributed by atoms with E-state index in [4.69, 9.17) is 0 Å². The molecule has 2 N–H and O–H groups in total. The Bertz CT molecular complexity index is 582. The molecular formula is C15H16N2O2. The number of rotatable bonds is 3. The van der Waals surface area contributed by atoms with Crippen molar-refractivity contribution in [2.45, 2.75) is 19.9 Å². The van der Waals surface area contributed by atoms with Crippen LogP contribution in [0.25, 0.3) is 0 Å². The molecule has 98 valence electrons. The Balaban J connectivity index is 2.16. The fourth-order valence-electron chi connectivity index (χ4n) is 1.85. The number of phenolic OH excluding ortho intramolecular Hbond substituents is 1. The molecule has 0 aliphatic heterocycles. The third-order valence-electron chi connectivity index (χ3n) is 3.04. The standard InChI is InChI=1S/C15H16N2O2/c1-10-4-3-5-13(14(10)18)15(19)17-11(2)12-6-8-16-9-7-12/h3-9,11,18H,1-2H3,(H,17,19). The first-order chi connectivity index (χ1) is 9.09. The molecule has 1 atom stereocenters. The monoisotopic (exact) mass is 256 g/mol.